The second kappa shape index (κ2) is 5.94. The smallest absolute Gasteiger partial charge is 0.0991 e. The second-order valence-corrected chi connectivity index (χ2v) is 7.00. The first-order chi connectivity index (χ1) is 11.0. The Hall–Kier alpha value is -2.51. The van der Waals surface area contributed by atoms with Gasteiger partial charge < -0.3 is 0 Å². The van der Waals surface area contributed by atoms with E-state index in [2.05, 4.69) is 50.8 Å². The first-order valence-electron chi connectivity index (χ1n) is 8.16. The summed E-state index contributed by atoms with van der Waals surface area (Å²) in [6.07, 6.45) is 3.70. The molecular weight excluding hydrogens is 278 g/mol. The van der Waals surface area contributed by atoms with Crippen LogP contribution in [0.4, 0.5) is 0 Å². The average molecular weight is 299 g/mol. The van der Waals surface area contributed by atoms with Crippen molar-refractivity contribution in [2.45, 2.75) is 45.4 Å². The lowest BCUT2D eigenvalue weighted by Crippen LogP contribution is -2.24. The fourth-order valence-corrected chi connectivity index (χ4v) is 3.36. The minimum absolute atomic E-state index is 0.242. The summed E-state index contributed by atoms with van der Waals surface area (Å²) in [4.78, 5) is 0. The van der Waals surface area contributed by atoms with Crippen LogP contribution in [0.15, 0.2) is 36.4 Å². The van der Waals surface area contributed by atoms with Crippen LogP contribution in [-0.2, 0) is 11.8 Å². The minimum Gasteiger partial charge on any atom is -0.192 e. The number of benzene rings is 2. The monoisotopic (exact) mass is 299 g/mol. The van der Waals surface area contributed by atoms with Gasteiger partial charge in [-0.1, -0.05) is 31.8 Å². The molecule has 0 spiro atoms. The molecule has 0 N–H and O–H groups in total. The highest BCUT2D eigenvalue weighted by atomic mass is 14.3. The molecule has 0 amide bonds. The molecule has 1 aliphatic rings. The lowest BCUT2D eigenvalue weighted by molar-refractivity contribution is 0.431. The topological polar surface area (TPSA) is 23.8 Å². The van der Waals surface area contributed by atoms with Crippen LogP contribution < -0.4 is 0 Å². The predicted molar refractivity (Wildman–Crippen MR) is 94.3 cm³/mol. The normalized spacial score (nSPS) is 15.0. The predicted octanol–water partition coefficient (Wildman–Crippen LogP) is 4.88. The van der Waals surface area contributed by atoms with Crippen molar-refractivity contribution in [1.82, 2.24) is 0 Å². The summed E-state index contributed by atoms with van der Waals surface area (Å²) in [5, 5.41) is 8.85. The fourth-order valence-electron chi connectivity index (χ4n) is 3.36. The zero-order valence-corrected chi connectivity index (χ0v) is 14.0. The van der Waals surface area contributed by atoms with Crippen molar-refractivity contribution in [3.8, 4) is 17.9 Å². The summed E-state index contributed by atoms with van der Waals surface area (Å²) >= 11 is 0. The summed E-state index contributed by atoms with van der Waals surface area (Å²) in [5.41, 5.74) is 7.17. The van der Waals surface area contributed by atoms with E-state index in [1.165, 1.54) is 36.0 Å². The van der Waals surface area contributed by atoms with Crippen LogP contribution in [-0.4, -0.2) is 0 Å². The standard InChI is InChI=1S/C22H21N/c1-16-13-20-5-4-12-22(2,3)21(20)14-19(16)11-10-17-6-8-18(15-23)9-7-17/h6-9,13-14H,4-5,12H2,1-3H3. The number of fused-ring (bicyclic) bond motifs is 1. The van der Waals surface area contributed by atoms with Crippen molar-refractivity contribution >= 4 is 0 Å². The summed E-state index contributed by atoms with van der Waals surface area (Å²) in [5.74, 6) is 6.55. The van der Waals surface area contributed by atoms with E-state index in [1.54, 1.807) is 0 Å². The van der Waals surface area contributed by atoms with Gasteiger partial charge in [0.2, 0.25) is 0 Å². The third kappa shape index (κ3) is 3.15. The van der Waals surface area contributed by atoms with Crippen LogP contribution in [0.1, 0.15) is 60.1 Å². The van der Waals surface area contributed by atoms with Crippen LogP contribution in [0.2, 0.25) is 0 Å². The first-order valence-corrected chi connectivity index (χ1v) is 8.16. The molecule has 0 heterocycles. The van der Waals surface area contributed by atoms with Crippen molar-refractivity contribution in [2.75, 3.05) is 0 Å². The summed E-state index contributed by atoms with van der Waals surface area (Å²) in [7, 11) is 0. The molecule has 0 unspecified atom stereocenters. The number of hydrogen-bond donors (Lipinski definition) is 0. The van der Waals surface area contributed by atoms with Gasteiger partial charge in [-0.3, -0.25) is 0 Å². The molecule has 3 rings (SSSR count). The van der Waals surface area contributed by atoms with Crippen LogP contribution in [0, 0.1) is 30.1 Å². The van der Waals surface area contributed by atoms with Gasteiger partial charge in [-0.25, -0.2) is 0 Å². The van der Waals surface area contributed by atoms with Crippen LogP contribution >= 0.6 is 0 Å². The van der Waals surface area contributed by atoms with E-state index in [4.69, 9.17) is 5.26 Å². The lowest BCUT2D eigenvalue weighted by Gasteiger charge is -2.33. The van der Waals surface area contributed by atoms with Crippen LogP contribution in [0.3, 0.4) is 0 Å². The van der Waals surface area contributed by atoms with Gasteiger partial charge in [-0.05, 0) is 78.6 Å². The molecule has 0 saturated heterocycles. The van der Waals surface area contributed by atoms with E-state index in [0.29, 0.717) is 5.56 Å². The van der Waals surface area contributed by atoms with Crippen molar-refractivity contribution < 1.29 is 0 Å². The van der Waals surface area contributed by atoms with Gasteiger partial charge in [0.1, 0.15) is 0 Å². The minimum atomic E-state index is 0.242. The van der Waals surface area contributed by atoms with Gasteiger partial charge in [0.15, 0.2) is 0 Å². The summed E-state index contributed by atoms with van der Waals surface area (Å²) < 4.78 is 0. The van der Waals surface area contributed by atoms with Gasteiger partial charge in [0.25, 0.3) is 0 Å². The molecule has 2 aromatic carbocycles. The molecule has 0 aromatic heterocycles. The van der Waals surface area contributed by atoms with Crippen molar-refractivity contribution in [3.05, 3.63) is 69.8 Å². The molecule has 0 bridgehead atoms. The van der Waals surface area contributed by atoms with Gasteiger partial charge in [0.05, 0.1) is 11.6 Å². The van der Waals surface area contributed by atoms with E-state index in [0.717, 1.165) is 11.1 Å². The fraction of sp³-hybridized carbons (Fsp3) is 0.318. The number of rotatable bonds is 0. The first kappa shape index (κ1) is 15.4. The lowest BCUT2D eigenvalue weighted by atomic mass is 9.72. The zero-order valence-electron chi connectivity index (χ0n) is 14.0. The van der Waals surface area contributed by atoms with Crippen LogP contribution in [0.5, 0.6) is 0 Å². The Bertz CT molecular complexity index is 837. The van der Waals surface area contributed by atoms with Gasteiger partial charge in [0, 0.05) is 11.1 Å². The Morgan fingerprint density at radius 2 is 1.70 bits per heavy atom. The van der Waals surface area contributed by atoms with E-state index in [-0.39, 0.29) is 5.41 Å². The SMILES string of the molecule is Cc1cc2c(cc1C#Cc1ccc(C#N)cc1)C(C)(C)CCC2. The molecule has 1 aliphatic carbocycles. The Balaban J connectivity index is 1.98. The molecule has 1 nitrogen and oxygen atoms in total. The maximum atomic E-state index is 8.85. The van der Waals surface area contributed by atoms with Crippen molar-refractivity contribution in [1.29, 1.82) is 5.26 Å². The Morgan fingerprint density at radius 3 is 2.39 bits per heavy atom. The van der Waals surface area contributed by atoms with Crippen molar-refractivity contribution in [3.63, 3.8) is 0 Å². The number of aryl methyl sites for hydroxylation is 2. The van der Waals surface area contributed by atoms with Crippen molar-refractivity contribution in [2.24, 2.45) is 0 Å². The van der Waals surface area contributed by atoms with E-state index in [1.807, 2.05) is 24.3 Å². The molecule has 0 aliphatic heterocycles. The molecule has 0 fully saturated rings. The van der Waals surface area contributed by atoms with Gasteiger partial charge in [-0.15, -0.1) is 0 Å². The Labute approximate surface area is 139 Å². The Kier molecular flexibility index (Phi) is 3.97. The van der Waals surface area contributed by atoms with E-state index >= 15 is 0 Å². The highest BCUT2D eigenvalue weighted by Gasteiger charge is 2.27. The van der Waals surface area contributed by atoms with Crippen LogP contribution in [0.25, 0.3) is 0 Å². The molecule has 23 heavy (non-hydrogen) atoms. The highest BCUT2D eigenvalue weighted by Crippen LogP contribution is 2.37. The number of hydrogen-bond acceptors (Lipinski definition) is 1. The molecular formula is C22H21N. The third-order valence-corrected chi connectivity index (χ3v) is 4.78. The zero-order chi connectivity index (χ0) is 16.4. The average Bonchev–Trinajstić information content (AvgIpc) is 2.53. The molecule has 0 saturated carbocycles. The quantitative estimate of drug-likeness (QED) is 0.636. The molecule has 2 aromatic rings. The summed E-state index contributed by atoms with van der Waals surface area (Å²) in [6, 6.07) is 14.2. The van der Waals surface area contributed by atoms with Gasteiger partial charge >= 0.3 is 0 Å². The number of nitriles is 1. The molecule has 0 atom stereocenters. The largest absolute Gasteiger partial charge is 0.192 e. The summed E-state index contributed by atoms with van der Waals surface area (Å²) in [6.45, 7) is 6.81. The van der Waals surface area contributed by atoms with E-state index < -0.39 is 0 Å². The van der Waals surface area contributed by atoms with E-state index in [9.17, 15) is 0 Å². The second-order valence-electron chi connectivity index (χ2n) is 7.00. The maximum absolute atomic E-state index is 8.85. The Morgan fingerprint density at radius 1 is 1.00 bits per heavy atom. The highest BCUT2D eigenvalue weighted by molar-refractivity contribution is 5.52. The maximum Gasteiger partial charge on any atom is 0.0991 e. The molecule has 1 heteroatoms. The van der Waals surface area contributed by atoms with Gasteiger partial charge in [-0.2, -0.15) is 5.26 Å². The molecule has 114 valence electrons. The molecule has 0 radical (unpaired) electrons. The third-order valence-electron chi connectivity index (χ3n) is 4.78. The number of nitrogens with zero attached hydrogens (tertiary/aromatic N) is 1.